The molecule has 0 aliphatic carbocycles. The van der Waals surface area contributed by atoms with Gasteiger partial charge in [0.2, 0.25) is 0 Å². The lowest BCUT2D eigenvalue weighted by Crippen LogP contribution is -2.13. The third-order valence-electron chi connectivity index (χ3n) is 2.85. The molecule has 0 heterocycles. The van der Waals surface area contributed by atoms with Crippen molar-refractivity contribution in [3.63, 3.8) is 0 Å². The van der Waals surface area contributed by atoms with Gasteiger partial charge in [-0.3, -0.25) is 5.41 Å². The van der Waals surface area contributed by atoms with Crippen molar-refractivity contribution in [2.24, 2.45) is 5.73 Å². The highest BCUT2D eigenvalue weighted by atomic mass is 32.2. The summed E-state index contributed by atoms with van der Waals surface area (Å²) in [4.78, 5) is 0.850. The predicted octanol–water partition coefficient (Wildman–Crippen LogP) is 3.93. The van der Waals surface area contributed by atoms with Crippen LogP contribution >= 0.6 is 11.8 Å². The molecule has 0 aliphatic rings. The zero-order valence-corrected chi connectivity index (χ0v) is 12.1. The smallest absolute Gasteiger partial charge is 0.139 e. The number of ether oxygens (including phenoxy) is 1. The maximum Gasteiger partial charge on any atom is 0.139 e. The quantitative estimate of drug-likeness (QED) is 0.509. The molecule has 0 saturated carbocycles. The highest BCUT2D eigenvalue weighted by Gasteiger charge is 2.13. The van der Waals surface area contributed by atoms with Crippen LogP contribution in [0.4, 0.5) is 4.39 Å². The Morgan fingerprint density at radius 3 is 2.65 bits per heavy atom. The molecule has 0 saturated heterocycles. The largest absolute Gasteiger partial charge is 0.456 e. The Morgan fingerprint density at radius 1 is 1.30 bits per heavy atom. The average Bonchev–Trinajstić information content (AvgIpc) is 2.42. The van der Waals surface area contributed by atoms with E-state index in [4.69, 9.17) is 15.9 Å². The van der Waals surface area contributed by atoms with Gasteiger partial charge in [-0.2, -0.15) is 0 Å². The number of rotatable bonds is 4. The first kappa shape index (κ1) is 14.4. The molecule has 20 heavy (non-hydrogen) atoms. The van der Waals surface area contributed by atoms with Crippen LogP contribution in [-0.2, 0) is 0 Å². The van der Waals surface area contributed by atoms with E-state index in [-0.39, 0.29) is 11.7 Å². The molecule has 0 fully saturated rings. The van der Waals surface area contributed by atoms with Crippen molar-refractivity contribution in [1.82, 2.24) is 0 Å². The van der Waals surface area contributed by atoms with Crippen LogP contribution in [0.15, 0.2) is 41.3 Å². The third-order valence-corrected chi connectivity index (χ3v) is 3.63. The van der Waals surface area contributed by atoms with Crippen molar-refractivity contribution in [3.8, 4) is 11.5 Å². The summed E-state index contributed by atoms with van der Waals surface area (Å²) in [7, 11) is 0. The number of hydrogen-bond acceptors (Lipinski definition) is 3. The van der Waals surface area contributed by atoms with Crippen LogP contribution in [-0.4, -0.2) is 12.1 Å². The van der Waals surface area contributed by atoms with E-state index in [2.05, 4.69) is 0 Å². The number of thioether (sulfide) groups is 1. The van der Waals surface area contributed by atoms with E-state index in [1.807, 2.05) is 18.4 Å². The highest BCUT2D eigenvalue weighted by Crippen LogP contribution is 2.32. The zero-order chi connectivity index (χ0) is 14.7. The summed E-state index contributed by atoms with van der Waals surface area (Å²) < 4.78 is 19.2. The summed E-state index contributed by atoms with van der Waals surface area (Å²) in [6, 6.07) is 10.1. The van der Waals surface area contributed by atoms with Crippen molar-refractivity contribution in [1.29, 1.82) is 5.41 Å². The third kappa shape index (κ3) is 2.93. The van der Waals surface area contributed by atoms with Crippen LogP contribution in [0.5, 0.6) is 11.5 Å². The summed E-state index contributed by atoms with van der Waals surface area (Å²) in [6.07, 6.45) is 1.90. The van der Waals surface area contributed by atoms with Gasteiger partial charge in [0.1, 0.15) is 23.2 Å². The molecule has 2 aromatic rings. The van der Waals surface area contributed by atoms with E-state index in [1.165, 1.54) is 17.8 Å². The standard InChI is InChI=1S/C15H15FN2OS/c1-9-6-7-10(8-11(9)16)19-12-4-3-5-13(20-2)14(12)15(17)18/h3-8H,1-2H3,(H3,17,18). The molecule has 0 amide bonds. The van der Waals surface area contributed by atoms with Gasteiger partial charge in [0.25, 0.3) is 0 Å². The Kier molecular flexibility index (Phi) is 4.29. The molecule has 0 aromatic heterocycles. The number of nitrogens with one attached hydrogen (secondary N) is 1. The maximum atomic E-state index is 13.5. The molecular weight excluding hydrogens is 275 g/mol. The second-order valence-electron chi connectivity index (χ2n) is 4.26. The van der Waals surface area contributed by atoms with E-state index in [1.54, 1.807) is 25.1 Å². The van der Waals surface area contributed by atoms with Gasteiger partial charge >= 0.3 is 0 Å². The number of halogens is 1. The van der Waals surface area contributed by atoms with Crippen LogP contribution in [0.2, 0.25) is 0 Å². The van der Waals surface area contributed by atoms with Gasteiger partial charge in [0.15, 0.2) is 0 Å². The van der Waals surface area contributed by atoms with E-state index in [9.17, 15) is 4.39 Å². The minimum absolute atomic E-state index is 0.0717. The van der Waals surface area contributed by atoms with Crippen LogP contribution in [0.25, 0.3) is 0 Å². The van der Waals surface area contributed by atoms with E-state index < -0.39 is 0 Å². The first-order valence-corrected chi connectivity index (χ1v) is 7.21. The first-order valence-electron chi connectivity index (χ1n) is 5.98. The maximum absolute atomic E-state index is 13.5. The molecule has 0 bridgehead atoms. The summed E-state index contributed by atoms with van der Waals surface area (Å²) in [6.45, 7) is 1.69. The van der Waals surface area contributed by atoms with Crippen LogP contribution in [0.3, 0.4) is 0 Å². The summed E-state index contributed by atoms with van der Waals surface area (Å²) in [5.41, 5.74) is 6.70. The van der Waals surface area contributed by atoms with E-state index in [0.717, 1.165) is 4.90 Å². The number of hydrogen-bond donors (Lipinski definition) is 2. The number of aryl methyl sites for hydroxylation is 1. The summed E-state index contributed by atoms with van der Waals surface area (Å²) >= 11 is 1.48. The lowest BCUT2D eigenvalue weighted by atomic mass is 10.2. The fourth-order valence-corrected chi connectivity index (χ4v) is 2.42. The van der Waals surface area contributed by atoms with E-state index in [0.29, 0.717) is 22.6 Å². The number of nitrogen functional groups attached to an aromatic ring is 1. The topological polar surface area (TPSA) is 59.1 Å². The number of nitrogens with two attached hydrogens (primary N) is 1. The van der Waals surface area contributed by atoms with Gasteiger partial charge in [-0.25, -0.2) is 4.39 Å². The average molecular weight is 290 g/mol. The predicted molar refractivity (Wildman–Crippen MR) is 80.5 cm³/mol. The number of amidine groups is 1. The fourth-order valence-electron chi connectivity index (χ4n) is 1.80. The van der Waals surface area contributed by atoms with E-state index >= 15 is 0 Å². The van der Waals surface area contributed by atoms with Crippen molar-refractivity contribution in [2.75, 3.05) is 6.26 Å². The molecule has 0 unspecified atom stereocenters. The molecule has 2 rings (SSSR count). The van der Waals surface area contributed by atoms with Gasteiger partial charge in [-0.1, -0.05) is 12.1 Å². The molecule has 0 atom stereocenters. The molecule has 0 radical (unpaired) electrons. The first-order chi connectivity index (χ1) is 9.52. The zero-order valence-electron chi connectivity index (χ0n) is 11.2. The van der Waals surface area contributed by atoms with Crippen LogP contribution in [0.1, 0.15) is 11.1 Å². The number of benzene rings is 2. The molecule has 0 aliphatic heterocycles. The van der Waals surface area contributed by atoms with Gasteiger partial charge < -0.3 is 10.5 Å². The highest BCUT2D eigenvalue weighted by molar-refractivity contribution is 7.98. The van der Waals surface area contributed by atoms with Crippen molar-refractivity contribution < 1.29 is 9.13 Å². The normalized spacial score (nSPS) is 10.3. The van der Waals surface area contributed by atoms with Crippen molar-refractivity contribution >= 4 is 17.6 Å². The Balaban J connectivity index is 2.42. The molecule has 0 spiro atoms. The van der Waals surface area contributed by atoms with Crippen LogP contribution < -0.4 is 10.5 Å². The molecular formula is C15H15FN2OS. The molecule has 2 aromatic carbocycles. The van der Waals surface area contributed by atoms with Crippen molar-refractivity contribution in [2.45, 2.75) is 11.8 Å². The summed E-state index contributed by atoms with van der Waals surface area (Å²) in [5, 5.41) is 7.67. The molecule has 104 valence electrons. The van der Waals surface area contributed by atoms with Gasteiger partial charge in [-0.05, 0) is 36.9 Å². The minimum Gasteiger partial charge on any atom is -0.456 e. The van der Waals surface area contributed by atoms with Crippen LogP contribution in [0, 0.1) is 18.2 Å². The van der Waals surface area contributed by atoms with Gasteiger partial charge in [-0.15, -0.1) is 11.8 Å². The Morgan fingerprint density at radius 2 is 2.05 bits per heavy atom. The monoisotopic (exact) mass is 290 g/mol. The molecule has 5 heteroatoms. The van der Waals surface area contributed by atoms with Gasteiger partial charge in [0.05, 0.1) is 5.56 Å². The summed E-state index contributed by atoms with van der Waals surface area (Å²) in [5.74, 6) is 0.437. The van der Waals surface area contributed by atoms with Gasteiger partial charge in [0, 0.05) is 11.0 Å². The fraction of sp³-hybridized carbons (Fsp3) is 0.133. The molecule has 3 nitrogen and oxygen atoms in total. The Labute approximate surface area is 121 Å². The SMILES string of the molecule is CSc1cccc(Oc2ccc(C)c(F)c2)c1C(=N)N. The second kappa shape index (κ2) is 5.96. The minimum atomic E-state index is -0.326. The molecule has 3 N–H and O–H groups in total. The lowest BCUT2D eigenvalue weighted by molar-refractivity contribution is 0.473. The Hall–Kier alpha value is -2.01. The lowest BCUT2D eigenvalue weighted by Gasteiger charge is -2.13. The second-order valence-corrected chi connectivity index (χ2v) is 5.11. The Bertz CT molecular complexity index is 658. The van der Waals surface area contributed by atoms with Crippen molar-refractivity contribution in [3.05, 3.63) is 53.3 Å².